The highest BCUT2D eigenvalue weighted by Crippen LogP contribution is 2.28. The third-order valence-corrected chi connectivity index (χ3v) is 3.84. The molecule has 1 aliphatic heterocycles. The largest absolute Gasteiger partial charge is 0.465 e. The predicted octanol–water partition coefficient (Wildman–Crippen LogP) is 1.38. The third-order valence-electron chi connectivity index (χ3n) is 3.84. The van der Waals surface area contributed by atoms with Crippen molar-refractivity contribution in [3.63, 3.8) is 0 Å². The van der Waals surface area contributed by atoms with E-state index in [2.05, 4.69) is 16.8 Å². The molecule has 1 aromatic rings. The van der Waals surface area contributed by atoms with Gasteiger partial charge in [-0.3, -0.25) is 0 Å². The number of hydrogen-bond acceptors (Lipinski definition) is 5. The molecule has 5 nitrogen and oxygen atoms in total. The zero-order valence-corrected chi connectivity index (χ0v) is 11.6. The van der Waals surface area contributed by atoms with Crippen molar-refractivity contribution in [1.29, 1.82) is 0 Å². The van der Waals surface area contributed by atoms with E-state index in [1.165, 1.54) is 7.11 Å². The first-order valence-corrected chi connectivity index (χ1v) is 6.52. The summed E-state index contributed by atoms with van der Waals surface area (Å²) < 4.78 is 4.71. The van der Waals surface area contributed by atoms with Crippen LogP contribution in [0.3, 0.4) is 0 Å². The van der Waals surface area contributed by atoms with Gasteiger partial charge in [-0.2, -0.15) is 0 Å². The van der Waals surface area contributed by atoms with Gasteiger partial charge in [0.25, 0.3) is 0 Å². The molecular formula is C14H20N2O3. The molecule has 2 unspecified atom stereocenters. The Labute approximate surface area is 113 Å². The number of carbonyl (C=O) groups excluding carboxylic acids is 1. The first-order chi connectivity index (χ1) is 9.08. The van der Waals surface area contributed by atoms with Crippen molar-refractivity contribution in [2.45, 2.75) is 26.3 Å². The van der Waals surface area contributed by atoms with Crippen molar-refractivity contribution in [2.24, 2.45) is 5.92 Å². The Morgan fingerprint density at radius 1 is 1.58 bits per heavy atom. The number of nitrogens with zero attached hydrogens (tertiary/aromatic N) is 2. The van der Waals surface area contributed by atoms with Crippen LogP contribution in [-0.4, -0.2) is 42.4 Å². The molecule has 1 aromatic heterocycles. The second-order valence-electron chi connectivity index (χ2n) is 5.00. The lowest BCUT2D eigenvalue weighted by molar-refractivity contribution is 0.0599. The van der Waals surface area contributed by atoms with Crippen LogP contribution in [0.2, 0.25) is 0 Å². The zero-order chi connectivity index (χ0) is 14.0. The Kier molecular flexibility index (Phi) is 4.04. The molecule has 1 fully saturated rings. The normalized spacial score (nSPS) is 22.6. The van der Waals surface area contributed by atoms with Crippen LogP contribution in [0.1, 0.15) is 29.4 Å². The first kappa shape index (κ1) is 13.8. The molecule has 1 saturated heterocycles. The maximum Gasteiger partial charge on any atom is 0.339 e. The maximum absolute atomic E-state index is 11.5. The summed E-state index contributed by atoms with van der Waals surface area (Å²) in [6, 6.07) is 3.66. The van der Waals surface area contributed by atoms with E-state index in [4.69, 9.17) is 4.74 Å². The van der Waals surface area contributed by atoms with E-state index < -0.39 is 0 Å². The topological polar surface area (TPSA) is 62.7 Å². The first-order valence-electron chi connectivity index (χ1n) is 6.52. The molecule has 1 aliphatic rings. The lowest BCUT2D eigenvalue weighted by atomic mass is 10.0. The molecular weight excluding hydrogens is 244 g/mol. The van der Waals surface area contributed by atoms with Gasteiger partial charge in [0.2, 0.25) is 0 Å². The molecule has 104 valence electrons. The van der Waals surface area contributed by atoms with E-state index in [1.807, 2.05) is 6.07 Å². The van der Waals surface area contributed by atoms with Crippen LogP contribution in [-0.2, 0) is 4.74 Å². The average molecular weight is 264 g/mol. The van der Waals surface area contributed by atoms with Crippen LogP contribution in [0.4, 0.5) is 5.82 Å². The second kappa shape index (κ2) is 5.57. The molecule has 2 atom stereocenters. The number of aliphatic hydroxyl groups excluding tert-OH is 1. The summed E-state index contributed by atoms with van der Waals surface area (Å²) in [5, 5.41) is 9.47. The molecule has 2 heterocycles. The number of anilines is 1. The molecule has 2 rings (SSSR count). The minimum absolute atomic E-state index is 0.107. The van der Waals surface area contributed by atoms with Crippen molar-refractivity contribution in [2.75, 3.05) is 25.2 Å². The van der Waals surface area contributed by atoms with E-state index in [9.17, 15) is 9.90 Å². The van der Waals surface area contributed by atoms with E-state index >= 15 is 0 Å². The third kappa shape index (κ3) is 2.56. The fraction of sp³-hybridized carbons (Fsp3) is 0.571. The van der Waals surface area contributed by atoms with Crippen molar-refractivity contribution in [3.8, 4) is 0 Å². The SMILES string of the molecule is COC(=O)c1ccc(N2CCC(C)C2CO)nc1C. The van der Waals surface area contributed by atoms with Crippen LogP contribution >= 0.6 is 0 Å². The van der Waals surface area contributed by atoms with Crippen LogP contribution in [0.15, 0.2) is 12.1 Å². The van der Waals surface area contributed by atoms with Crippen LogP contribution < -0.4 is 4.90 Å². The molecule has 0 saturated carbocycles. The number of carbonyl (C=O) groups is 1. The van der Waals surface area contributed by atoms with Gasteiger partial charge < -0.3 is 14.7 Å². The number of ether oxygens (including phenoxy) is 1. The second-order valence-corrected chi connectivity index (χ2v) is 5.00. The van der Waals surface area contributed by atoms with Crippen LogP contribution in [0.5, 0.6) is 0 Å². The van der Waals surface area contributed by atoms with Gasteiger partial charge in [0.1, 0.15) is 5.82 Å². The van der Waals surface area contributed by atoms with Crippen LogP contribution in [0.25, 0.3) is 0 Å². The summed E-state index contributed by atoms with van der Waals surface area (Å²) >= 11 is 0. The fourth-order valence-corrected chi connectivity index (χ4v) is 2.60. The molecule has 0 radical (unpaired) electrons. The van der Waals surface area contributed by atoms with Crippen molar-refractivity contribution in [1.82, 2.24) is 4.98 Å². The summed E-state index contributed by atoms with van der Waals surface area (Å²) in [5.41, 5.74) is 1.14. The van der Waals surface area contributed by atoms with E-state index in [1.54, 1.807) is 13.0 Å². The van der Waals surface area contributed by atoms with Gasteiger partial charge in [0, 0.05) is 6.54 Å². The number of aliphatic hydroxyl groups is 1. The summed E-state index contributed by atoms with van der Waals surface area (Å²) in [5.74, 6) is 0.894. The molecule has 1 N–H and O–H groups in total. The number of esters is 1. The lowest BCUT2D eigenvalue weighted by Gasteiger charge is -2.26. The molecule has 19 heavy (non-hydrogen) atoms. The number of aryl methyl sites for hydroxylation is 1. The number of rotatable bonds is 3. The minimum Gasteiger partial charge on any atom is -0.465 e. The molecule has 0 aromatic carbocycles. The summed E-state index contributed by atoms with van der Waals surface area (Å²) in [6.07, 6.45) is 1.05. The Balaban J connectivity index is 2.27. The number of pyridine rings is 1. The Morgan fingerprint density at radius 3 is 2.89 bits per heavy atom. The van der Waals surface area contributed by atoms with E-state index in [-0.39, 0.29) is 18.6 Å². The van der Waals surface area contributed by atoms with Gasteiger partial charge in [0.05, 0.1) is 31.0 Å². The van der Waals surface area contributed by atoms with Gasteiger partial charge >= 0.3 is 5.97 Å². The highest BCUT2D eigenvalue weighted by atomic mass is 16.5. The number of methoxy groups -OCH3 is 1. The Bertz CT molecular complexity index is 476. The zero-order valence-electron chi connectivity index (χ0n) is 11.6. The highest BCUT2D eigenvalue weighted by molar-refractivity contribution is 5.90. The summed E-state index contributed by atoms with van der Waals surface area (Å²) in [6.45, 7) is 4.94. The predicted molar refractivity (Wildman–Crippen MR) is 72.3 cm³/mol. The summed E-state index contributed by atoms with van der Waals surface area (Å²) in [4.78, 5) is 18.1. The van der Waals surface area contributed by atoms with E-state index in [0.717, 1.165) is 18.8 Å². The van der Waals surface area contributed by atoms with Gasteiger partial charge in [-0.25, -0.2) is 9.78 Å². The maximum atomic E-state index is 11.5. The van der Waals surface area contributed by atoms with Gasteiger partial charge in [-0.15, -0.1) is 0 Å². The smallest absolute Gasteiger partial charge is 0.339 e. The molecule has 5 heteroatoms. The number of hydrogen-bond donors (Lipinski definition) is 1. The Hall–Kier alpha value is -1.62. The molecule has 0 aliphatic carbocycles. The van der Waals surface area contributed by atoms with Gasteiger partial charge in [-0.05, 0) is 31.4 Å². The Morgan fingerprint density at radius 2 is 2.32 bits per heavy atom. The monoisotopic (exact) mass is 264 g/mol. The van der Waals surface area contributed by atoms with Crippen molar-refractivity contribution >= 4 is 11.8 Å². The number of aromatic nitrogens is 1. The molecule has 0 spiro atoms. The minimum atomic E-state index is -0.370. The van der Waals surface area contributed by atoms with Gasteiger partial charge in [0.15, 0.2) is 0 Å². The summed E-state index contributed by atoms with van der Waals surface area (Å²) in [7, 11) is 1.36. The van der Waals surface area contributed by atoms with E-state index in [0.29, 0.717) is 17.2 Å². The van der Waals surface area contributed by atoms with Crippen molar-refractivity contribution in [3.05, 3.63) is 23.4 Å². The molecule has 0 amide bonds. The standard InChI is InChI=1S/C14H20N2O3/c1-9-6-7-16(12(9)8-17)13-5-4-11(10(2)15-13)14(18)19-3/h4-5,9,12,17H,6-8H2,1-3H3. The lowest BCUT2D eigenvalue weighted by Crippen LogP contribution is -2.35. The quantitative estimate of drug-likeness (QED) is 0.836. The molecule has 0 bridgehead atoms. The average Bonchev–Trinajstić information content (AvgIpc) is 2.78. The highest BCUT2D eigenvalue weighted by Gasteiger charge is 2.31. The van der Waals surface area contributed by atoms with Crippen molar-refractivity contribution < 1.29 is 14.6 Å². The van der Waals surface area contributed by atoms with Crippen LogP contribution in [0, 0.1) is 12.8 Å². The fourth-order valence-electron chi connectivity index (χ4n) is 2.60. The van der Waals surface area contributed by atoms with Gasteiger partial charge in [-0.1, -0.05) is 6.92 Å².